The van der Waals surface area contributed by atoms with E-state index in [1.165, 1.54) is 4.90 Å². The highest BCUT2D eigenvalue weighted by atomic mass is 16.2. The van der Waals surface area contributed by atoms with Crippen molar-refractivity contribution in [1.29, 1.82) is 0 Å². The minimum absolute atomic E-state index is 0.0929. The topological polar surface area (TPSA) is 58.4 Å². The van der Waals surface area contributed by atoms with E-state index in [4.69, 9.17) is 0 Å². The molecule has 0 aliphatic carbocycles. The van der Waals surface area contributed by atoms with Gasteiger partial charge in [-0.15, -0.1) is 0 Å². The molecule has 0 bridgehead atoms. The number of rotatable bonds is 2. The first kappa shape index (κ1) is 14.2. The minimum atomic E-state index is -0.276. The molecule has 1 atom stereocenters. The van der Waals surface area contributed by atoms with E-state index >= 15 is 0 Å². The molecule has 1 aromatic heterocycles. The van der Waals surface area contributed by atoms with Crippen LogP contribution < -0.4 is 4.90 Å². The predicted molar refractivity (Wildman–Crippen MR) is 87.3 cm³/mol. The molecule has 4 rings (SSSR count). The highest BCUT2D eigenvalue weighted by Gasteiger charge is 2.46. The van der Waals surface area contributed by atoms with Gasteiger partial charge in [0.2, 0.25) is 0 Å². The van der Waals surface area contributed by atoms with E-state index < -0.39 is 0 Å². The fraction of sp³-hybridized carbons (Fsp3) is 0.471. The summed E-state index contributed by atoms with van der Waals surface area (Å²) in [6.45, 7) is 4.80. The lowest BCUT2D eigenvalue weighted by molar-refractivity contribution is -0.120. The number of urea groups is 1. The SMILES string of the molecule is CC(C)n1ncc2ccc(N3C(=O)[C@@H]4CCCCN4C3=O)cc21. The number of anilines is 1. The zero-order chi connectivity index (χ0) is 16.1. The lowest BCUT2D eigenvalue weighted by atomic mass is 10.0. The number of nitrogens with zero attached hydrogens (tertiary/aromatic N) is 4. The Labute approximate surface area is 134 Å². The highest BCUT2D eigenvalue weighted by Crippen LogP contribution is 2.32. The van der Waals surface area contributed by atoms with Crippen molar-refractivity contribution in [2.24, 2.45) is 0 Å². The van der Waals surface area contributed by atoms with E-state index in [2.05, 4.69) is 18.9 Å². The summed E-state index contributed by atoms with van der Waals surface area (Å²) < 4.78 is 1.91. The van der Waals surface area contributed by atoms with Crippen LogP contribution in [0, 0.1) is 0 Å². The third-order valence-corrected chi connectivity index (χ3v) is 4.77. The summed E-state index contributed by atoms with van der Waals surface area (Å²) in [4.78, 5) is 28.4. The van der Waals surface area contributed by atoms with Crippen molar-refractivity contribution in [2.75, 3.05) is 11.4 Å². The van der Waals surface area contributed by atoms with Gasteiger partial charge in [-0.2, -0.15) is 5.10 Å². The van der Waals surface area contributed by atoms with E-state index in [-0.39, 0.29) is 24.0 Å². The maximum atomic E-state index is 12.7. The van der Waals surface area contributed by atoms with Crippen molar-refractivity contribution >= 4 is 28.5 Å². The summed E-state index contributed by atoms with van der Waals surface area (Å²) in [7, 11) is 0. The molecule has 2 fully saturated rings. The first-order valence-electron chi connectivity index (χ1n) is 8.20. The van der Waals surface area contributed by atoms with Gasteiger partial charge in [-0.05, 0) is 51.3 Å². The molecule has 120 valence electrons. The van der Waals surface area contributed by atoms with Crippen LogP contribution in [0.25, 0.3) is 10.9 Å². The van der Waals surface area contributed by atoms with Gasteiger partial charge in [-0.25, -0.2) is 9.69 Å². The van der Waals surface area contributed by atoms with E-state index in [0.717, 1.165) is 30.2 Å². The van der Waals surface area contributed by atoms with Crippen molar-refractivity contribution in [2.45, 2.75) is 45.2 Å². The van der Waals surface area contributed by atoms with Crippen LogP contribution in [0.2, 0.25) is 0 Å². The lowest BCUT2D eigenvalue weighted by Gasteiger charge is -2.25. The van der Waals surface area contributed by atoms with Crippen LogP contribution >= 0.6 is 0 Å². The quantitative estimate of drug-likeness (QED) is 0.801. The van der Waals surface area contributed by atoms with Crippen molar-refractivity contribution in [3.05, 3.63) is 24.4 Å². The molecule has 3 heterocycles. The summed E-state index contributed by atoms with van der Waals surface area (Å²) in [6, 6.07) is 5.42. The van der Waals surface area contributed by atoms with Gasteiger partial charge in [0.25, 0.3) is 5.91 Å². The van der Waals surface area contributed by atoms with E-state index in [1.807, 2.05) is 29.1 Å². The molecule has 6 heteroatoms. The van der Waals surface area contributed by atoms with Gasteiger partial charge in [0.1, 0.15) is 6.04 Å². The van der Waals surface area contributed by atoms with Crippen molar-refractivity contribution in [3.8, 4) is 0 Å². The van der Waals surface area contributed by atoms with Crippen LogP contribution in [0.4, 0.5) is 10.5 Å². The van der Waals surface area contributed by atoms with Gasteiger partial charge in [-0.1, -0.05) is 0 Å². The number of hydrogen-bond acceptors (Lipinski definition) is 3. The van der Waals surface area contributed by atoms with Gasteiger partial charge in [-0.3, -0.25) is 9.48 Å². The number of piperidine rings is 1. The molecule has 2 aliphatic rings. The number of hydrogen-bond donors (Lipinski definition) is 0. The Balaban J connectivity index is 1.78. The Morgan fingerprint density at radius 3 is 2.78 bits per heavy atom. The summed E-state index contributed by atoms with van der Waals surface area (Å²) in [5.74, 6) is -0.0929. The van der Waals surface area contributed by atoms with Crippen LogP contribution in [0.5, 0.6) is 0 Å². The minimum Gasteiger partial charge on any atom is -0.312 e. The van der Waals surface area contributed by atoms with Crippen molar-refractivity contribution < 1.29 is 9.59 Å². The van der Waals surface area contributed by atoms with Crippen molar-refractivity contribution in [1.82, 2.24) is 14.7 Å². The second kappa shape index (κ2) is 5.08. The zero-order valence-electron chi connectivity index (χ0n) is 13.4. The summed E-state index contributed by atoms with van der Waals surface area (Å²) >= 11 is 0. The van der Waals surface area contributed by atoms with E-state index in [9.17, 15) is 9.59 Å². The second-order valence-corrected chi connectivity index (χ2v) is 6.59. The van der Waals surface area contributed by atoms with Crippen LogP contribution in [-0.2, 0) is 4.79 Å². The fourth-order valence-electron chi connectivity index (χ4n) is 3.60. The number of aromatic nitrogens is 2. The Bertz CT molecular complexity index is 771. The number of carbonyl (C=O) groups excluding carboxylic acids is 2. The zero-order valence-corrected chi connectivity index (χ0v) is 13.4. The fourth-order valence-corrected chi connectivity index (χ4v) is 3.60. The number of benzene rings is 1. The Kier molecular flexibility index (Phi) is 3.14. The number of carbonyl (C=O) groups is 2. The first-order chi connectivity index (χ1) is 11.1. The number of imide groups is 1. The van der Waals surface area contributed by atoms with E-state index in [1.54, 1.807) is 4.90 Å². The molecule has 0 radical (unpaired) electrons. The van der Waals surface area contributed by atoms with Gasteiger partial charge >= 0.3 is 6.03 Å². The van der Waals surface area contributed by atoms with Crippen LogP contribution in [-0.4, -0.2) is 39.2 Å². The molecular formula is C17H20N4O2. The smallest absolute Gasteiger partial charge is 0.312 e. The highest BCUT2D eigenvalue weighted by molar-refractivity contribution is 6.21. The van der Waals surface area contributed by atoms with Gasteiger partial charge in [0.15, 0.2) is 0 Å². The van der Waals surface area contributed by atoms with E-state index in [0.29, 0.717) is 12.2 Å². The normalized spacial score (nSPS) is 21.6. The van der Waals surface area contributed by atoms with Crippen LogP contribution in [0.15, 0.2) is 24.4 Å². The molecule has 0 spiro atoms. The van der Waals surface area contributed by atoms with Crippen LogP contribution in [0.1, 0.15) is 39.2 Å². The largest absolute Gasteiger partial charge is 0.332 e. The molecule has 2 aromatic rings. The molecule has 0 saturated carbocycles. The summed E-state index contributed by atoms with van der Waals surface area (Å²) in [6.07, 6.45) is 4.57. The van der Waals surface area contributed by atoms with Gasteiger partial charge in [0, 0.05) is 18.0 Å². The Morgan fingerprint density at radius 2 is 2.04 bits per heavy atom. The molecule has 0 unspecified atom stereocenters. The summed E-state index contributed by atoms with van der Waals surface area (Å²) in [5.41, 5.74) is 1.59. The summed E-state index contributed by atoms with van der Waals surface area (Å²) in [5, 5.41) is 5.40. The Morgan fingerprint density at radius 1 is 1.22 bits per heavy atom. The molecule has 1 aromatic carbocycles. The predicted octanol–water partition coefficient (Wildman–Crippen LogP) is 2.94. The first-order valence-corrected chi connectivity index (χ1v) is 8.20. The number of amides is 3. The maximum absolute atomic E-state index is 12.7. The molecule has 3 amide bonds. The standard InChI is InChI=1S/C17H20N4O2/c1-11(2)21-15-9-13(7-6-12(15)10-18-21)20-16(22)14-5-3-4-8-19(14)17(20)23/h6-7,9-11,14H,3-5,8H2,1-2H3/t14-/m0/s1. The van der Waals surface area contributed by atoms with Crippen LogP contribution in [0.3, 0.4) is 0 Å². The third-order valence-electron chi connectivity index (χ3n) is 4.77. The molecule has 6 nitrogen and oxygen atoms in total. The second-order valence-electron chi connectivity index (χ2n) is 6.59. The average Bonchev–Trinajstić information content (AvgIpc) is 3.07. The third kappa shape index (κ3) is 2.04. The molecule has 2 saturated heterocycles. The monoisotopic (exact) mass is 312 g/mol. The molecule has 0 N–H and O–H groups in total. The molecule has 23 heavy (non-hydrogen) atoms. The number of fused-ring (bicyclic) bond motifs is 2. The maximum Gasteiger partial charge on any atom is 0.332 e. The lowest BCUT2D eigenvalue weighted by Crippen LogP contribution is -2.39. The van der Waals surface area contributed by atoms with Gasteiger partial charge < -0.3 is 4.90 Å². The Hall–Kier alpha value is -2.37. The van der Waals surface area contributed by atoms with Crippen molar-refractivity contribution in [3.63, 3.8) is 0 Å². The molecular weight excluding hydrogens is 292 g/mol. The van der Waals surface area contributed by atoms with Gasteiger partial charge in [0.05, 0.1) is 17.4 Å². The average molecular weight is 312 g/mol. The molecule has 2 aliphatic heterocycles.